The van der Waals surface area contributed by atoms with Gasteiger partial charge in [0.25, 0.3) is 5.91 Å². The summed E-state index contributed by atoms with van der Waals surface area (Å²) < 4.78 is 1.77. The van der Waals surface area contributed by atoms with Crippen molar-refractivity contribution in [1.29, 1.82) is 0 Å². The van der Waals surface area contributed by atoms with E-state index in [0.29, 0.717) is 17.4 Å². The van der Waals surface area contributed by atoms with E-state index in [1.54, 1.807) is 28.3 Å². The molecule has 24 heavy (non-hydrogen) atoms. The third-order valence-corrected chi connectivity index (χ3v) is 5.40. The fourth-order valence-corrected chi connectivity index (χ4v) is 3.62. The lowest BCUT2D eigenvalue weighted by Gasteiger charge is -2.08. The Labute approximate surface area is 150 Å². The number of anilines is 1. The van der Waals surface area contributed by atoms with E-state index in [9.17, 15) is 4.79 Å². The van der Waals surface area contributed by atoms with Gasteiger partial charge in [0.1, 0.15) is 5.82 Å². The van der Waals surface area contributed by atoms with Crippen molar-refractivity contribution in [1.82, 2.24) is 9.78 Å². The lowest BCUT2D eigenvalue weighted by atomic mass is 10.2. The highest BCUT2D eigenvalue weighted by atomic mass is 35.5. The molecule has 124 valence electrons. The van der Waals surface area contributed by atoms with E-state index in [0.717, 1.165) is 16.9 Å². The van der Waals surface area contributed by atoms with Gasteiger partial charge in [0.15, 0.2) is 0 Å². The van der Waals surface area contributed by atoms with Gasteiger partial charge >= 0.3 is 0 Å². The molecule has 0 bridgehead atoms. The first kappa shape index (κ1) is 16.7. The number of halogens is 1. The van der Waals surface area contributed by atoms with Crippen LogP contribution in [0.4, 0.5) is 5.82 Å². The highest BCUT2D eigenvalue weighted by Crippen LogP contribution is 2.23. The molecule has 0 saturated heterocycles. The molecule has 0 spiro atoms. The Morgan fingerprint density at radius 1 is 1.29 bits per heavy atom. The molecule has 4 nitrogen and oxygen atoms in total. The van der Waals surface area contributed by atoms with Crippen molar-refractivity contribution in [3.63, 3.8) is 0 Å². The standard InChI is InChI=1S/C18H18ClN3OS/c1-3-15-12(2)10-16(24-15)18(23)21-17-8-9-20-22(17)11-13-4-6-14(19)7-5-13/h4-10H,3,11H2,1-2H3,(H,21,23). The zero-order chi connectivity index (χ0) is 17.1. The number of nitrogens with one attached hydrogen (secondary N) is 1. The van der Waals surface area contributed by atoms with E-state index in [1.807, 2.05) is 37.3 Å². The summed E-state index contributed by atoms with van der Waals surface area (Å²) >= 11 is 7.45. The molecule has 6 heteroatoms. The van der Waals surface area contributed by atoms with Crippen LogP contribution < -0.4 is 5.32 Å². The summed E-state index contributed by atoms with van der Waals surface area (Å²) in [6.07, 6.45) is 2.63. The van der Waals surface area contributed by atoms with Crippen LogP contribution in [-0.2, 0) is 13.0 Å². The van der Waals surface area contributed by atoms with Crippen LogP contribution in [-0.4, -0.2) is 15.7 Å². The predicted octanol–water partition coefficient (Wildman–Crippen LogP) is 4.77. The number of hydrogen-bond acceptors (Lipinski definition) is 3. The normalized spacial score (nSPS) is 10.8. The van der Waals surface area contributed by atoms with Crippen molar-refractivity contribution < 1.29 is 4.79 Å². The molecule has 0 unspecified atom stereocenters. The number of aromatic nitrogens is 2. The molecule has 0 radical (unpaired) electrons. The Hall–Kier alpha value is -2.11. The van der Waals surface area contributed by atoms with E-state index in [4.69, 9.17) is 11.6 Å². The zero-order valence-corrected chi connectivity index (χ0v) is 15.1. The number of benzene rings is 1. The maximum absolute atomic E-state index is 12.5. The molecule has 0 saturated carbocycles. The second-order valence-corrected chi connectivity index (χ2v) is 7.10. The van der Waals surface area contributed by atoms with Gasteiger partial charge in [0.2, 0.25) is 0 Å². The van der Waals surface area contributed by atoms with Crippen LogP contribution in [0.3, 0.4) is 0 Å². The second-order valence-electron chi connectivity index (χ2n) is 5.53. The molecule has 0 fully saturated rings. The van der Waals surface area contributed by atoms with E-state index < -0.39 is 0 Å². The molecule has 2 heterocycles. The molecule has 0 aliphatic carbocycles. The SMILES string of the molecule is CCc1sc(C(=O)Nc2ccnn2Cc2ccc(Cl)cc2)cc1C. The smallest absolute Gasteiger partial charge is 0.266 e. The minimum Gasteiger partial charge on any atom is -0.306 e. The zero-order valence-electron chi connectivity index (χ0n) is 13.5. The van der Waals surface area contributed by atoms with Crippen LogP contribution >= 0.6 is 22.9 Å². The number of rotatable bonds is 5. The third kappa shape index (κ3) is 3.68. The van der Waals surface area contributed by atoms with Gasteiger partial charge in [-0.15, -0.1) is 11.3 Å². The average Bonchev–Trinajstić information content (AvgIpc) is 3.16. The highest BCUT2D eigenvalue weighted by molar-refractivity contribution is 7.14. The number of thiophene rings is 1. The number of aryl methyl sites for hydroxylation is 2. The van der Waals surface area contributed by atoms with Gasteiger partial charge in [0, 0.05) is 16.0 Å². The number of carbonyl (C=O) groups is 1. The van der Waals surface area contributed by atoms with E-state index in [2.05, 4.69) is 17.3 Å². The summed E-state index contributed by atoms with van der Waals surface area (Å²) in [7, 11) is 0. The van der Waals surface area contributed by atoms with Gasteiger partial charge in [-0.1, -0.05) is 30.7 Å². The van der Waals surface area contributed by atoms with Gasteiger partial charge in [0.05, 0.1) is 17.6 Å². The summed E-state index contributed by atoms with van der Waals surface area (Å²) in [4.78, 5) is 14.5. The molecular formula is C18H18ClN3OS. The third-order valence-electron chi connectivity index (χ3n) is 3.77. The van der Waals surface area contributed by atoms with Gasteiger partial charge in [-0.2, -0.15) is 5.10 Å². The lowest BCUT2D eigenvalue weighted by molar-refractivity contribution is 0.102. The molecule has 1 aromatic carbocycles. The Morgan fingerprint density at radius 3 is 2.71 bits per heavy atom. The Bertz CT molecular complexity index is 852. The predicted molar refractivity (Wildman–Crippen MR) is 99.2 cm³/mol. The van der Waals surface area contributed by atoms with Crippen molar-refractivity contribution >= 4 is 34.7 Å². The first-order chi connectivity index (χ1) is 11.6. The van der Waals surface area contributed by atoms with Gasteiger partial charge in [-0.3, -0.25) is 4.79 Å². The fraction of sp³-hybridized carbons (Fsp3) is 0.222. The molecule has 0 aliphatic heterocycles. The molecule has 2 aromatic heterocycles. The van der Waals surface area contributed by atoms with Gasteiger partial charge in [-0.25, -0.2) is 4.68 Å². The van der Waals surface area contributed by atoms with Crippen LogP contribution in [0, 0.1) is 6.92 Å². The van der Waals surface area contributed by atoms with Crippen LogP contribution in [0.15, 0.2) is 42.6 Å². The van der Waals surface area contributed by atoms with E-state index >= 15 is 0 Å². The number of amides is 1. The Balaban J connectivity index is 1.75. The fourth-order valence-electron chi connectivity index (χ4n) is 2.49. The Morgan fingerprint density at radius 2 is 2.04 bits per heavy atom. The quantitative estimate of drug-likeness (QED) is 0.713. The molecular weight excluding hydrogens is 342 g/mol. The minimum atomic E-state index is -0.0966. The maximum atomic E-state index is 12.5. The monoisotopic (exact) mass is 359 g/mol. The maximum Gasteiger partial charge on any atom is 0.266 e. The van der Waals surface area contributed by atoms with Crippen molar-refractivity contribution in [3.8, 4) is 0 Å². The molecule has 0 atom stereocenters. The van der Waals surface area contributed by atoms with Crippen LogP contribution in [0.2, 0.25) is 5.02 Å². The number of hydrogen-bond donors (Lipinski definition) is 1. The summed E-state index contributed by atoms with van der Waals surface area (Å²) in [5, 5.41) is 7.94. The molecule has 3 aromatic rings. The van der Waals surface area contributed by atoms with Crippen molar-refractivity contribution in [2.24, 2.45) is 0 Å². The summed E-state index contributed by atoms with van der Waals surface area (Å²) in [6, 6.07) is 11.3. The lowest BCUT2D eigenvalue weighted by Crippen LogP contribution is -2.15. The Kier molecular flexibility index (Phi) is 5.02. The van der Waals surface area contributed by atoms with Crippen LogP contribution in [0.1, 0.15) is 32.6 Å². The van der Waals surface area contributed by atoms with Crippen molar-refractivity contribution in [3.05, 3.63) is 68.5 Å². The summed E-state index contributed by atoms with van der Waals surface area (Å²) in [5.41, 5.74) is 2.24. The molecule has 0 aliphatic rings. The average molecular weight is 360 g/mol. The molecule has 1 amide bonds. The largest absolute Gasteiger partial charge is 0.306 e. The highest BCUT2D eigenvalue weighted by Gasteiger charge is 2.14. The summed E-state index contributed by atoms with van der Waals surface area (Å²) in [5.74, 6) is 0.583. The van der Waals surface area contributed by atoms with Crippen molar-refractivity contribution in [2.45, 2.75) is 26.8 Å². The topological polar surface area (TPSA) is 46.9 Å². The molecule has 3 rings (SSSR count). The van der Waals surface area contributed by atoms with Crippen molar-refractivity contribution in [2.75, 3.05) is 5.32 Å². The first-order valence-electron chi connectivity index (χ1n) is 7.73. The number of carbonyl (C=O) groups excluding carboxylic acids is 1. The number of nitrogens with zero attached hydrogens (tertiary/aromatic N) is 2. The first-order valence-corrected chi connectivity index (χ1v) is 8.93. The van der Waals surface area contributed by atoms with Gasteiger partial charge in [-0.05, 0) is 42.7 Å². The van der Waals surface area contributed by atoms with Crippen LogP contribution in [0.25, 0.3) is 0 Å². The van der Waals surface area contributed by atoms with Gasteiger partial charge < -0.3 is 5.32 Å². The second kappa shape index (κ2) is 7.20. The van der Waals surface area contributed by atoms with Crippen LogP contribution in [0.5, 0.6) is 0 Å². The van der Waals surface area contributed by atoms with E-state index in [-0.39, 0.29) is 5.91 Å². The summed E-state index contributed by atoms with van der Waals surface area (Å²) in [6.45, 7) is 4.71. The molecule has 1 N–H and O–H groups in total. The van der Waals surface area contributed by atoms with E-state index in [1.165, 1.54) is 10.4 Å². The minimum absolute atomic E-state index is 0.0966.